The number of rotatable bonds is 4. The van der Waals surface area contributed by atoms with Crippen LogP contribution < -0.4 is 5.32 Å². The van der Waals surface area contributed by atoms with Gasteiger partial charge in [-0.3, -0.25) is 0 Å². The zero-order valence-corrected chi connectivity index (χ0v) is 8.82. The lowest BCUT2D eigenvalue weighted by Gasteiger charge is -2.12. The second-order valence-corrected chi connectivity index (χ2v) is 3.43. The van der Waals surface area contributed by atoms with Crippen LogP contribution in [0.2, 0.25) is 0 Å². The molecule has 0 heterocycles. The van der Waals surface area contributed by atoms with Crippen molar-refractivity contribution < 1.29 is 9.53 Å². The number of carbonyl (C=O) groups excluding carboxylic acids is 1. The van der Waals surface area contributed by atoms with Gasteiger partial charge in [-0.05, 0) is 25.2 Å². The molecule has 82 valence electrons. The minimum atomic E-state index is -0.460. The average molecular weight is 207 g/mol. The molecule has 0 radical (unpaired) electrons. The number of amides is 1. The van der Waals surface area contributed by atoms with Gasteiger partial charge in [-0.1, -0.05) is 30.9 Å². The molecular formula is C12H17NO2. The van der Waals surface area contributed by atoms with Crippen LogP contribution in [0.25, 0.3) is 0 Å². The van der Waals surface area contributed by atoms with Gasteiger partial charge in [0.2, 0.25) is 0 Å². The van der Waals surface area contributed by atoms with Crippen molar-refractivity contribution in [3.8, 4) is 0 Å². The fourth-order valence-electron chi connectivity index (χ4n) is 1.51. The summed E-state index contributed by atoms with van der Waals surface area (Å²) in [6.07, 6.45) is 12.6. The molecule has 15 heavy (non-hydrogen) atoms. The first kappa shape index (κ1) is 11.6. The van der Waals surface area contributed by atoms with Gasteiger partial charge in [0.15, 0.2) is 0 Å². The fourth-order valence-corrected chi connectivity index (χ4v) is 1.51. The van der Waals surface area contributed by atoms with Crippen molar-refractivity contribution in [2.75, 3.05) is 6.54 Å². The Balaban J connectivity index is 2.13. The monoisotopic (exact) mass is 207 g/mol. The Morgan fingerprint density at radius 2 is 2.47 bits per heavy atom. The predicted octanol–water partition coefficient (Wildman–Crippen LogP) is 2.77. The largest absolute Gasteiger partial charge is 0.419 e. The molecule has 0 aromatic rings. The van der Waals surface area contributed by atoms with E-state index >= 15 is 0 Å². The van der Waals surface area contributed by atoms with Crippen molar-refractivity contribution in [1.82, 2.24) is 5.32 Å². The molecule has 1 aliphatic carbocycles. The summed E-state index contributed by atoms with van der Waals surface area (Å²) in [5.41, 5.74) is 0. The third-order valence-corrected chi connectivity index (χ3v) is 2.27. The van der Waals surface area contributed by atoms with E-state index in [1.165, 1.54) is 6.42 Å². The lowest BCUT2D eigenvalue weighted by Crippen LogP contribution is -2.22. The van der Waals surface area contributed by atoms with Gasteiger partial charge < -0.3 is 10.1 Å². The number of hydrogen-bond acceptors (Lipinski definition) is 2. The van der Waals surface area contributed by atoms with Crippen molar-refractivity contribution in [2.24, 2.45) is 5.92 Å². The number of alkyl carbamates (subject to hydrolysis) is 1. The van der Waals surface area contributed by atoms with Gasteiger partial charge in [-0.25, -0.2) is 4.79 Å². The standard InChI is InChI=1S/C12H17NO2/c1-2-15-12(14)13-10-6-9-11-7-4-3-5-8-11/h2-4,6,9,11H,1,5,7-8,10H2,(H,13,14). The smallest absolute Gasteiger partial charge is 0.412 e. The third kappa shape index (κ3) is 5.05. The molecule has 0 aromatic carbocycles. The first-order chi connectivity index (χ1) is 7.33. The van der Waals surface area contributed by atoms with Gasteiger partial charge in [0.25, 0.3) is 0 Å². The summed E-state index contributed by atoms with van der Waals surface area (Å²) >= 11 is 0. The molecule has 3 nitrogen and oxygen atoms in total. The highest BCUT2D eigenvalue weighted by Gasteiger charge is 2.04. The average Bonchev–Trinajstić information content (AvgIpc) is 2.26. The number of hydrogen-bond donors (Lipinski definition) is 1. The van der Waals surface area contributed by atoms with E-state index in [1.807, 2.05) is 6.08 Å². The van der Waals surface area contributed by atoms with Gasteiger partial charge in [0.1, 0.15) is 0 Å². The predicted molar refractivity (Wildman–Crippen MR) is 60.3 cm³/mol. The lowest BCUT2D eigenvalue weighted by atomic mass is 9.94. The summed E-state index contributed by atoms with van der Waals surface area (Å²) in [6, 6.07) is 0. The Bertz CT molecular complexity index is 269. The highest BCUT2D eigenvalue weighted by Crippen LogP contribution is 2.18. The highest BCUT2D eigenvalue weighted by molar-refractivity contribution is 5.67. The number of nitrogens with one attached hydrogen (secondary N) is 1. The van der Waals surface area contributed by atoms with E-state index in [0.717, 1.165) is 19.1 Å². The van der Waals surface area contributed by atoms with E-state index in [2.05, 4.69) is 34.9 Å². The first-order valence-corrected chi connectivity index (χ1v) is 5.20. The molecule has 3 heteroatoms. The van der Waals surface area contributed by atoms with Crippen LogP contribution in [0.1, 0.15) is 19.3 Å². The molecule has 1 rings (SSSR count). The molecule has 1 atom stereocenters. The summed E-state index contributed by atoms with van der Waals surface area (Å²) in [4.78, 5) is 10.8. The normalized spacial score (nSPS) is 20.1. The van der Waals surface area contributed by atoms with Gasteiger partial charge in [-0.2, -0.15) is 0 Å². The van der Waals surface area contributed by atoms with E-state index in [0.29, 0.717) is 12.5 Å². The van der Waals surface area contributed by atoms with Crippen LogP contribution in [0, 0.1) is 5.92 Å². The van der Waals surface area contributed by atoms with Crippen molar-refractivity contribution in [2.45, 2.75) is 19.3 Å². The Hall–Kier alpha value is -1.51. The topological polar surface area (TPSA) is 38.3 Å². The second-order valence-electron chi connectivity index (χ2n) is 3.43. The zero-order valence-electron chi connectivity index (χ0n) is 8.82. The molecule has 0 bridgehead atoms. The van der Waals surface area contributed by atoms with Crippen molar-refractivity contribution in [3.63, 3.8) is 0 Å². The summed E-state index contributed by atoms with van der Waals surface area (Å²) < 4.78 is 4.50. The third-order valence-electron chi connectivity index (χ3n) is 2.27. The van der Waals surface area contributed by atoms with Crippen molar-refractivity contribution >= 4 is 6.09 Å². The molecule has 1 N–H and O–H groups in total. The minimum Gasteiger partial charge on any atom is -0.419 e. The van der Waals surface area contributed by atoms with Crippen LogP contribution >= 0.6 is 0 Å². The van der Waals surface area contributed by atoms with E-state index in [9.17, 15) is 4.79 Å². The molecule has 0 fully saturated rings. The zero-order chi connectivity index (χ0) is 10.9. The molecular weight excluding hydrogens is 190 g/mol. The maximum atomic E-state index is 10.8. The molecule has 1 amide bonds. The van der Waals surface area contributed by atoms with E-state index in [4.69, 9.17) is 0 Å². The fraction of sp³-hybridized carbons (Fsp3) is 0.417. The van der Waals surface area contributed by atoms with Crippen LogP contribution in [0.4, 0.5) is 4.79 Å². The van der Waals surface area contributed by atoms with Gasteiger partial charge >= 0.3 is 6.09 Å². The van der Waals surface area contributed by atoms with Gasteiger partial charge in [0, 0.05) is 6.54 Å². The Morgan fingerprint density at radius 3 is 3.13 bits per heavy atom. The number of allylic oxidation sites excluding steroid dienone is 3. The summed E-state index contributed by atoms with van der Waals surface area (Å²) in [5, 5.41) is 2.59. The van der Waals surface area contributed by atoms with Crippen LogP contribution in [-0.4, -0.2) is 12.6 Å². The second kappa shape index (κ2) is 6.87. The summed E-state index contributed by atoms with van der Waals surface area (Å²) in [5.74, 6) is 0.618. The van der Waals surface area contributed by atoms with Gasteiger partial charge in [0.05, 0.1) is 6.26 Å². The molecule has 0 aliphatic heterocycles. The highest BCUT2D eigenvalue weighted by atomic mass is 16.5. The SMILES string of the molecule is C=COC(=O)NCC=CC1CC=CCC1. The summed E-state index contributed by atoms with van der Waals surface area (Å²) in [7, 11) is 0. The van der Waals surface area contributed by atoms with Crippen molar-refractivity contribution in [3.05, 3.63) is 37.1 Å². The molecule has 0 saturated carbocycles. The Kier molecular flexibility index (Phi) is 5.30. The van der Waals surface area contributed by atoms with Crippen LogP contribution in [0.5, 0.6) is 0 Å². The minimum absolute atomic E-state index is 0.460. The quantitative estimate of drug-likeness (QED) is 0.568. The first-order valence-electron chi connectivity index (χ1n) is 5.20. The Morgan fingerprint density at radius 1 is 1.60 bits per heavy atom. The number of carbonyl (C=O) groups is 1. The number of ether oxygens (including phenoxy) is 1. The summed E-state index contributed by atoms with van der Waals surface area (Å²) in [6.45, 7) is 3.80. The molecule has 1 aliphatic rings. The van der Waals surface area contributed by atoms with Crippen LogP contribution in [0.3, 0.4) is 0 Å². The van der Waals surface area contributed by atoms with E-state index in [-0.39, 0.29) is 0 Å². The lowest BCUT2D eigenvalue weighted by molar-refractivity contribution is 0.187. The maximum Gasteiger partial charge on any atom is 0.412 e. The molecule has 0 spiro atoms. The van der Waals surface area contributed by atoms with E-state index in [1.54, 1.807) is 0 Å². The van der Waals surface area contributed by atoms with E-state index < -0.39 is 6.09 Å². The van der Waals surface area contributed by atoms with Crippen LogP contribution in [0.15, 0.2) is 37.1 Å². The maximum absolute atomic E-state index is 10.8. The van der Waals surface area contributed by atoms with Crippen LogP contribution in [-0.2, 0) is 4.74 Å². The van der Waals surface area contributed by atoms with Crippen molar-refractivity contribution in [1.29, 1.82) is 0 Å². The molecule has 0 saturated heterocycles. The van der Waals surface area contributed by atoms with Gasteiger partial charge in [-0.15, -0.1) is 0 Å². The Labute approximate surface area is 90.5 Å². The molecule has 0 aromatic heterocycles. The molecule has 1 unspecified atom stereocenters.